The van der Waals surface area contributed by atoms with E-state index in [9.17, 15) is 4.79 Å². The molecule has 1 amide bonds. The van der Waals surface area contributed by atoms with E-state index in [1.165, 1.54) is 0 Å². The molecule has 3 aromatic rings. The molecule has 1 aliphatic heterocycles. The second-order valence-electron chi connectivity index (χ2n) is 5.76. The van der Waals surface area contributed by atoms with Gasteiger partial charge in [-0.3, -0.25) is 9.78 Å². The van der Waals surface area contributed by atoms with Crippen LogP contribution in [0.2, 0.25) is 5.02 Å². The van der Waals surface area contributed by atoms with E-state index in [1.54, 1.807) is 18.3 Å². The second kappa shape index (κ2) is 6.17. The maximum atomic E-state index is 12.6. The number of aromatic nitrogens is 1. The quantitative estimate of drug-likeness (QED) is 0.716. The van der Waals surface area contributed by atoms with E-state index in [2.05, 4.69) is 9.88 Å². The standard InChI is InChI=1S/C18H16ClN3O2/c19-13-3-1-4-14(11-13)21-7-9-22(10-8-21)18(23)17-12-15-16(24-17)5-2-6-20-15/h1-6,11-12H,7-10H2. The fraction of sp³-hybridized carbons (Fsp3) is 0.222. The van der Waals surface area contributed by atoms with Crippen LogP contribution in [0, 0.1) is 0 Å². The summed E-state index contributed by atoms with van der Waals surface area (Å²) in [6.07, 6.45) is 1.69. The van der Waals surface area contributed by atoms with E-state index in [0.29, 0.717) is 29.9 Å². The summed E-state index contributed by atoms with van der Waals surface area (Å²) in [6, 6.07) is 13.1. The Balaban J connectivity index is 1.46. The summed E-state index contributed by atoms with van der Waals surface area (Å²) >= 11 is 6.05. The van der Waals surface area contributed by atoms with Crippen LogP contribution in [0.5, 0.6) is 0 Å². The van der Waals surface area contributed by atoms with Gasteiger partial charge in [-0.05, 0) is 30.3 Å². The van der Waals surface area contributed by atoms with Gasteiger partial charge in [-0.2, -0.15) is 0 Å². The topological polar surface area (TPSA) is 49.6 Å². The van der Waals surface area contributed by atoms with Gasteiger partial charge in [0.2, 0.25) is 0 Å². The fourth-order valence-corrected chi connectivity index (χ4v) is 3.16. The third-order valence-electron chi connectivity index (χ3n) is 4.24. The van der Waals surface area contributed by atoms with Crippen LogP contribution in [-0.2, 0) is 0 Å². The molecule has 5 nitrogen and oxygen atoms in total. The summed E-state index contributed by atoms with van der Waals surface area (Å²) in [6.45, 7) is 2.83. The zero-order chi connectivity index (χ0) is 16.5. The predicted molar refractivity (Wildman–Crippen MR) is 93.6 cm³/mol. The Labute approximate surface area is 144 Å². The third kappa shape index (κ3) is 2.83. The van der Waals surface area contributed by atoms with Crippen LogP contribution in [-0.4, -0.2) is 42.0 Å². The average molecular weight is 342 g/mol. The number of furan rings is 1. The first-order valence-electron chi connectivity index (χ1n) is 7.85. The lowest BCUT2D eigenvalue weighted by atomic mass is 10.2. The van der Waals surface area contributed by atoms with E-state index in [1.807, 2.05) is 35.2 Å². The van der Waals surface area contributed by atoms with Crippen molar-refractivity contribution in [3.05, 3.63) is 59.4 Å². The first-order chi connectivity index (χ1) is 11.7. The predicted octanol–water partition coefficient (Wildman–Crippen LogP) is 3.44. The summed E-state index contributed by atoms with van der Waals surface area (Å²) in [5.41, 5.74) is 2.43. The highest BCUT2D eigenvalue weighted by atomic mass is 35.5. The Hall–Kier alpha value is -2.53. The number of hydrogen-bond donors (Lipinski definition) is 0. The van der Waals surface area contributed by atoms with Gasteiger partial charge in [0.05, 0.1) is 0 Å². The lowest BCUT2D eigenvalue weighted by Gasteiger charge is -2.35. The van der Waals surface area contributed by atoms with Crippen molar-refractivity contribution in [1.82, 2.24) is 9.88 Å². The number of pyridine rings is 1. The van der Waals surface area contributed by atoms with Gasteiger partial charge in [0.15, 0.2) is 11.3 Å². The number of nitrogens with zero attached hydrogens (tertiary/aromatic N) is 3. The fourth-order valence-electron chi connectivity index (χ4n) is 2.97. The minimum absolute atomic E-state index is 0.0845. The van der Waals surface area contributed by atoms with E-state index < -0.39 is 0 Å². The van der Waals surface area contributed by atoms with Crippen molar-refractivity contribution >= 4 is 34.3 Å². The Morgan fingerprint density at radius 2 is 1.92 bits per heavy atom. The molecule has 122 valence electrons. The molecule has 0 unspecified atom stereocenters. The molecule has 1 saturated heterocycles. The van der Waals surface area contributed by atoms with Crippen molar-refractivity contribution in [1.29, 1.82) is 0 Å². The van der Waals surface area contributed by atoms with Crippen molar-refractivity contribution in [2.75, 3.05) is 31.1 Å². The molecule has 0 spiro atoms. The Morgan fingerprint density at radius 1 is 1.08 bits per heavy atom. The van der Waals surface area contributed by atoms with Crippen LogP contribution in [0.4, 0.5) is 5.69 Å². The van der Waals surface area contributed by atoms with Crippen molar-refractivity contribution in [3.63, 3.8) is 0 Å². The molecule has 0 bridgehead atoms. The summed E-state index contributed by atoms with van der Waals surface area (Å²) in [7, 11) is 0. The zero-order valence-electron chi connectivity index (χ0n) is 13.0. The molecule has 0 atom stereocenters. The first-order valence-corrected chi connectivity index (χ1v) is 8.23. The zero-order valence-corrected chi connectivity index (χ0v) is 13.7. The molecule has 24 heavy (non-hydrogen) atoms. The van der Waals surface area contributed by atoms with Crippen molar-refractivity contribution in [2.24, 2.45) is 0 Å². The molecular formula is C18H16ClN3O2. The van der Waals surface area contributed by atoms with Gasteiger partial charge in [0.1, 0.15) is 5.52 Å². The first kappa shape index (κ1) is 15.0. The third-order valence-corrected chi connectivity index (χ3v) is 4.47. The summed E-state index contributed by atoms with van der Waals surface area (Å²) in [5, 5.41) is 0.723. The summed E-state index contributed by atoms with van der Waals surface area (Å²) < 4.78 is 5.63. The van der Waals surface area contributed by atoms with Crippen LogP contribution in [0.3, 0.4) is 0 Å². The smallest absolute Gasteiger partial charge is 0.289 e. The number of amides is 1. The number of hydrogen-bond acceptors (Lipinski definition) is 4. The maximum Gasteiger partial charge on any atom is 0.289 e. The van der Waals surface area contributed by atoms with E-state index in [0.717, 1.165) is 23.8 Å². The van der Waals surface area contributed by atoms with E-state index >= 15 is 0 Å². The molecule has 3 heterocycles. The SMILES string of the molecule is O=C(c1cc2ncccc2o1)N1CCN(c2cccc(Cl)c2)CC1. The van der Waals surface area contributed by atoms with E-state index in [-0.39, 0.29) is 5.91 Å². The van der Waals surface area contributed by atoms with Gasteiger partial charge in [-0.15, -0.1) is 0 Å². The highest BCUT2D eigenvalue weighted by Gasteiger charge is 2.24. The molecule has 6 heteroatoms. The number of piperazine rings is 1. The molecule has 1 fully saturated rings. The molecule has 0 N–H and O–H groups in total. The molecule has 2 aromatic heterocycles. The summed E-state index contributed by atoms with van der Waals surface area (Å²) in [5.74, 6) is 0.263. The van der Waals surface area contributed by atoms with Gasteiger partial charge in [-0.1, -0.05) is 17.7 Å². The molecule has 1 aliphatic rings. The average Bonchev–Trinajstić information content (AvgIpc) is 3.05. The highest BCUT2D eigenvalue weighted by Crippen LogP contribution is 2.22. The Kier molecular flexibility index (Phi) is 3.86. The highest BCUT2D eigenvalue weighted by molar-refractivity contribution is 6.30. The molecule has 4 rings (SSSR count). The maximum absolute atomic E-state index is 12.6. The van der Waals surface area contributed by atoms with Gasteiger partial charge in [0.25, 0.3) is 5.91 Å². The number of carbonyl (C=O) groups is 1. The van der Waals surface area contributed by atoms with Crippen molar-refractivity contribution in [2.45, 2.75) is 0 Å². The van der Waals surface area contributed by atoms with Gasteiger partial charge < -0.3 is 14.2 Å². The van der Waals surface area contributed by atoms with Gasteiger partial charge in [0, 0.05) is 49.2 Å². The van der Waals surface area contributed by atoms with Crippen LogP contribution in [0.15, 0.2) is 53.1 Å². The molecule has 0 aliphatic carbocycles. The molecule has 0 radical (unpaired) electrons. The van der Waals surface area contributed by atoms with Gasteiger partial charge in [-0.25, -0.2) is 0 Å². The number of fused-ring (bicyclic) bond motifs is 1. The summed E-state index contributed by atoms with van der Waals surface area (Å²) in [4.78, 5) is 20.9. The number of halogens is 1. The Bertz CT molecular complexity index is 852. The monoisotopic (exact) mass is 341 g/mol. The largest absolute Gasteiger partial charge is 0.449 e. The lowest BCUT2D eigenvalue weighted by Crippen LogP contribution is -2.48. The van der Waals surface area contributed by atoms with Crippen molar-refractivity contribution < 1.29 is 9.21 Å². The molecular weight excluding hydrogens is 326 g/mol. The number of anilines is 1. The normalized spacial score (nSPS) is 15.0. The van der Waals surface area contributed by atoms with Gasteiger partial charge >= 0.3 is 0 Å². The minimum Gasteiger partial charge on any atom is -0.449 e. The van der Waals surface area contributed by atoms with Crippen LogP contribution >= 0.6 is 11.6 Å². The number of benzene rings is 1. The lowest BCUT2D eigenvalue weighted by molar-refractivity contribution is 0.0717. The minimum atomic E-state index is -0.0845. The van der Waals surface area contributed by atoms with Crippen LogP contribution in [0.25, 0.3) is 11.1 Å². The van der Waals surface area contributed by atoms with E-state index in [4.69, 9.17) is 16.0 Å². The number of rotatable bonds is 2. The molecule has 0 saturated carbocycles. The number of carbonyl (C=O) groups excluding carboxylic acids is 1. The Morgan fingerprint density at radius 3 is 2.67 bits per heavy atom. The van der Waals surface area contributed by atoms with Crippen molar-refractivity contribution in [3.8, 4) is 0 Å². The van der Waals surface area contributed by atoms with Crippen LogP contribution in [0.1, 0.15) is 10.6 Å². The van der Waals surface area contributed by atoms with Crippen LogP contribution < -0.4 is 4.90 Å². The second-order valence-corrected chi connectivity index (χ2v) is 6.19. The molecule has 1 aromatic carbocycles.